The molecule has 4 nitrogen and oxygen atoms in total. The Balaban J connectivity index is 2.09. The van der Waals surface area contributed by atoms with E-state index >= 15 is 0 Å². The number of carbonyl (C=O) groups excluding carboxylic acids is 1. The molecule has 1 unspecified atom stereocenters. The Kier molecular flexibility index (Phi) is 5.09. The molecular formula is C16H16N2O2S. The highest BCUT2D eigenvalue weighted by atomic mass is 32.1. The van der Waals surface area contributed by atoms with Crippen molar-refractivity contribution < 1.29 is 9.90 Å². The van der Waals surface area contributed by atoms with E-state index in [1.165, 1.54) is 11.1 Å². The fourth-order valence-electron chi connectivity index (χ4n) is 1.81. The third-order valence-electron chi connectivity index (χ3n) is 2.85. The van der Waals surface area contributed by atoms with Crippen LogP contribution in [0.15, 0.2) is 30.6 Å². The lowest BCUT2D eigenvalue weighted by molar-refractivity contribution is 0.0940. The Labute approximate surface area is 127 Å². The fourth-order valence-corrected chi connectivity index (χ4v) is 2.69. The summed E-state index contributed by atoms with van der Waals surface area (Å²) < 4.78 is 0. The standard InChI is InChI=1S/C16H16N2O2S/c1-11-5-6-15(21-11)12(2)18-16(20)14-8-13(4-3-7-19)9-17-10-14/h5-6,8-10,12,19H,7H2,1-2H3,(H,18,20). The molecule has 0 aliphatic heterocycles. The number of aliphatic hydroxyl groups excluding tert-OH is 1. The average molecular weight is 300 g/mol. The van der Waals surface area contributed by atoms with Crippen molar-refractivity contribution in [3.63, 3.8) is 0 Å². The smallest absolute Gasteiger partial charge is 0.253 e. The minimum absolute atomic E-state index is 0.0524. The molecule has 0 radical (unpaired) electrons. The van der Waals surface area contributed by atoms with Crippen LogP contribution >= 0.6 is 11.3 Å². The topological polar surface area (TPSA) is 62.2 Å². The first-order valence-electron chi connectivity index (χ1n) is 6.52. The summed E-state index contributed by atoms with van der Waals surface area (Å²) in [7, 11) is 0. The van der Waals surface area contributed by atoms with Crippen molar-refractivity contribution in [3.8, 4) is 11.8 Å². The third-order valence-corrected chi connectivity index (χ3v) is 4.03. The molecule has 2 aromatic heterocycles. The van der Waals surface area contributed by atoms with Crippen molar-refractivity contribution in [1.82, 2.24) is 10.3 Å². The number of aliphatic hydroxyl groups is 1. The van der Waals surface area contributed by atoms with Gasteiger partial charge in [0.2, 0.25) is 0 Å². The number of aromatic nitrogens is 1. The Morgan fingerprint density at radius 1 is 1.48 bits per heavy atom. The summed E-state index contributed by atoms with van der Waals surface area (Å²) in [5.41, 5.74) is 1.07. The van der Waals surface area contributed by atoms with Gasteiger partial charge in [-0.15, -0.1) is 11.3 Å². The van der Waals surface area contributed by atoms with Gasteiger partial charge >= 0.3 is 0 Å². The molecule has 0 aliphatic rings. The van der Waals surface area contributed by atoms with Crippen LogP contribution in [0.25, 0.3) is 0 Å². The van der Waals surface area contributed by atoms with Crippen molar-refractivity contribution in [2.75, 3.05) is 6.61 Å². The van der Waals surface area contributed by atoms with Gasteiger partial charge in [0.05, 0.1) is 11.6 Å². The van der Waals surface area contributed by atoms with Gasteiger partial charge in [-0.1, -0.05) is 11.8 Å². The quantitative estimate of drug-likeness (QED) is 0.855. The maximum Gasteiger partial charge on any atom is 0.253 e. The predicted molar refractivity (Wildman–Crippen MR) is 83.1 cm³/mol. The number of amides is 1. The van der Waals surface area contributed by atoms with Gasteiger partial charge in [0, 0.05) is 27.7 Å². The van der Waals surface area contributed by atoms with Crippen LogP contribution < -0.4 is 5.32 Å². The van der Waals surface area contributed by atoms with Gasteiger partial charge in [-0.3, -0.25) is 9.78 Å². The van der Waals surface area contributed by atoms with Crippen LogP contribution in [-0.4, -0.2) is 22.6 Å². The van der Waals surface area contributed by atoms with Crippen molar-refractivity contribution in [2.24, 2.45) is 0 Å². The molecule has 0 spiro atoms. The molecule has 0 saturated heterocycles. The molecule has 21 heavy (non-hydrogen) atoms. The van der Waals surface area contributed by atoms with Crippen molar-refractivity contribution in [1.29, 1.82) is 0 Å². The van der Waals surface area contributed by atoms with Crippen LogP contribution in [0.1, 0.15) is 38.6 Å². The number of hydrogen-bond donors (Lipinski definition) is 2. The van der Waals surface area contributed by atoms with Gasteiger partial charge in [0.15, 0.2) is 0 Å². The molecule has 0 bridgehead atoms. The van der Waals surface area contributed by atoms with E-state index in [1.807, 2.05) is 26.0 Å². The van der Waals surface area contributed by atoms with Crippen LogP contribution in [0.3, 0.4) is 0 Å². The van der Waals surface area contributed by atoms with Gasteiger partial charge < -0.3 is 10.4 Å². The number of pyridine rings is 1. The second kappa shape index (κ2) is 7.02. The molecule has 2 aromatic rings. The van der Waals surface area contributed by atoms with E-state index in [0.29, 0.717) is 11.1 Å². The number of rotatable bonds is 3. The highest BCUT2D eigenvalue weighted by Gasteiger charge is 2.13. The zero-order valence-electron chi connectivity index (χ0n) is 11.9. The Bertz CT molecular complexity index is 698. The Morgan fingerprint density at radius 2 is 2.29 bits per heavy atom. The second-order valence-corrected chi connectivity index (χ2v) is 5.89. The van der Waals surface area contributed by atoms with E-state index in [4.69, 9.17) is 5.11 Å². The molecule has 1 amide bonds. The largest absolute Gasteiger partial charge is 0.384 e. The van der Waals surface area contributed by atoms with E-state index in [0.717, 1.165) is 4.88 Å². The minimum atomic E-state index is -0.217. The zero-order chi connectivity index (χ0) is 15.2. The summed E-state index contributed by atoms with van der Waals surface area (Å²) in [6.07, 6.45) is 3.07. The van der Waals surface area contributed by atoms with Gasteiger partial charge in [-0.05, 0) is 32.0 Å². The molecule has 108 valence electrons. The third kappa shape index (κ3) is 4.15. The monoisotopic (exact) mass is 300 g/mol. The van der Waals surface area contributed by atoms with Crippen LogP contribution in [-0.2, 0) is 0 Å². The zero-order valence-corrected chi connectivity index (χ0v) is 12.7. The molecule has 5 heteroatoms. The van der Waals surface area contributed by atoms with Gasteiger partial charge in [0.1, 0.15) is 6.61 Å². The lowest BCUT2D eigenvalue weighted by Crippen LogP contribution is -2.26. The SMILES string of the molecule is Cc1ccc(C(C)NC(=O)c2cncc(C#CCO)c2)s1. The molecular weight excluding hydrogens is 284 g/mol. The van der Waals surface area contributed by atoms with Crippen molar-refractivity contribution in [3.05, 3.63) is 51.5 Å². The first-order valence-corrected chi connectivity index (χ1v) is 7.34. The number of carbonyl (C=O) groups is 1. The molecule has 0 aromatic carbocycles. The van der Waals surface area contributed by atoms with Crippen LogP contribution in [0.5, 0.6) is 0 Å². The highest BCUT2D eigenvalue weighted by Crippen LogP contribution is 2.22. The normalized spacial score (nSPS) is 11.4. The average Bonchev–Trinajstić information content (AvgIpc) is 2.92. The summed E-state index contributed by atoms with van der Waals surface area (Å²) in [4.78, 5) is 18.6. The molecule has 1 atom stereocenters. The second-order valence-electron chi connectivity index (χ2n) is 4.57. The molecule has 0 aliphatic carbocycles. The number of hydrogen-bond acceptors (Lipinski definition) is 4. The summed E-state index contributed by atoms with van der Waals surface area (Å²) in [6.45, 7) is 3.77. The molecule has 2 heterocycles. The lowest BCUT2D eigenvalue weighted by atomic mass is 10.2. The maximum atomic E-state index is 12.2. The van der Waals surface area contributed by atoms with Crippen LogP contribution in [0, 0.1) is 18.8 Å². The fraction of sp³-hybridized carbons (Fsp3) is 0.250. The van der Waals surface area contributed by atoms with E-state index in [-0.39, 0.29) is 18.6 Å². The summed E-state index contributed by atoms with van der Waals surface area (Å²) in [5.74, 6) is 5.09. The highest BCUT2D eigenvalue weighted by molar-refractivity contribution is 7.12. The van der Waals surface area contributed by atoms with Crippen LogP contribution in [0.2, 0.25) is 0 Å². The van der Waals surface area contributed by atoms with Gasteiger partial charge in [-0.25, -0.2) is 0 Å². The van der Waals surface area contributed by atoms with Gasteiger partial charge in [-0.2, -0.15) is 0 Å². The van der Waals surface area contributed by atoms with E-state index in [1.54, 1.807) is 23.6 Å². The molecule has 2 N–H and O–H groups in total. The Hall–Kier alpha value is -2.16. The molecule has 0 saturated carbocycles. The molecule has 0 fully saturated rings. The number of nitrogens with one attached hydrogen (secondary N) is 1. The Morgan fingerprint density at radius 3 is 2.95 bits per heavy atom. The summed E-state index contributed by atoms with van der Waals surface area (Å²) >= 11 is 1.67. The van der Waals surface area contributed by atoms with Crippen molar-refractivity contribution in [2.45, 2.75) is 19.9 Å². The number of thiophene rings is 1. The predicted octanol–water partition coefficient (Wildman–Crippen LogP) is 2.29. The minimum Gasteiger partial charge on any atom is -0.384 e. The van der Waals surface area contributed by atoms with E-state index < -0.39 is 0 Å². The number of aryl methyl sites for hydroxylation is 1. The molecule has 2 rings (SSSR count). The first kappa shape index (κ1) is 15.2. The van der Waals surface area contributed by atoms with Crippen LogP contribution in [0.4, 0.5) is 0 Å². The maximum absolute atomic E-state index is 12.2. The van der Waals surface area contributed by atoms with Gasteiger partial charge in [0.25, 0.3) is 5.91 Å². The lowest BCUT2D eigenvalue weighted by Gasteiger charge is -2.12. The first-order chi connectivity index (χ1) is 10.1. The van der Waals surface area contributed by atoms with Crippen molar-refractivity contribution >= 4 is 17.2 Å². The summed E-state index contributed by atoms with van der Waals surface area (Å²) in [5, 5.41) is 11.6. The van der Waals surface area contributed by atoms with E-state index in [9.17, 15) is 4.79 Å². The van der Waals surface area contributed by atoms with E-state index in [2.05, 4.69) is 22.1 Å². The number of nitrogens with zero attached hydrogens (tertiary/aromatic N) is 1. The summed E-state index contributed by atoms with van der Waals surface area (Å²) in [6, 6.07) is 5.67.